The van der Waals surface area contributed by atoms with Gasteiger partial charge in [0.2, 0.25) is 5.95 Å². The molecule has 0 spiro atoms. The van der Waals surface area contributed by atoms with Crippen LogP contribution in [0.1, 0.15) is 19.3 Å². The summed E-state index contributed by atoms with van der Waals surface area (Å²) in [6.45, 7) is 1.10. The van der Waals surface area contributed by atoms with Crippen LogP contribution < -0.4 is 20.1 Å². The van der Waals surface area contributed by atoms with Gasteiger partial charge in [0.05, 0.1) is 11.1 Å². The molecule has 0 amide bonds. The number of H-pyrrole nitrogens is 1. The van der Waals surface area contributed by atoms with E-state index in [1.165, 1.54) is 19.3 Å². The zero-order chi connectivity index (χ0) is 16.6. The minimum atomic E-state index is 0.502. The number of aromatic amines is 1. The lowest BCUT2D eigenvalue weighted by molar-refractivity contribution is 0.172. The first kappa shape index (κ1) is 14.4. The summed E-state index contributed by atoms with van der Waals surface area (Å²) in [5.74, 6) is 2.84. The van der Waals surface area contributed by atoms with Crippen LogP contribution in [0.5, 0.6) is 11.5 Å². The fraction of sp³-hybridized carbons (Fsp3) is 0.333. The molecule has 1 fully saturated rings. The summed E-state index contributed by atoms with van der Waals surface area (Å²) in [7, 11) is 0. The molecule has 1 aliphatic carbocycles. The van der Waals surface area contributed by atoms with E-state index in [2.05, 4.69) is 25.6 Å². The molecule has 1 aromatic carbocycles. The van der Waals surface area contributed by atoms with E-state index in [4.69, 9.17) is 9.47 Å². The Morgan fingerprint density at radius 1 is 1.08 bits per heavy atom. The van der Waals surface area contributed by atoms with Gasteiger partial charge in [-0.05, 0) is 37.5 Å². The molecule has 1 aliphatic heterocycles. The predicted molar refractivity (Wildman–Crippen MR) is 95.9 cm³/mol. The van der Waals surface area contributed by atoms with Gasteiger partial charge in [-0.15, -0.1) is 0 Å². The highest BCUT2D eigenvalue weighted by Crippen LogP contribution is 2.38. The number of nitrogens with one attached hydrogen (secondary N) is 3. The summed E-state index contributed by atoms with van der Waals surface area (Å²) in [6, 6.07) is 8.27. The normalized spacial score (nSPS) is 16.5. The lowest BCUT2D eigenvalue weighted by Crippen LogP contribution is -2.27. The van der Waals surface area contributed by atoms with E-state index in [0.29, 0.717) is 31.0 Å². The van der Waals surface area contributed by atoms with Crippen molar-refractivity contribution < 1.29 is 9.47 Å². The number of rotatable bonds is 4. The largest absolute Gasteiger partial charge is 0.486 e. The standard InChI is InChI=1S/C18H19N5O2/c1-3-11(4-1)20-17-12-7-8-19-16(12)22-18(23-17)21-13-5-2-6-14-15(13)25-10-9-24-14/h2,5-8,11H,1,3-4,9-10H2,(H3,19,20,21,22,23). The van der Waals surface area contributed by atoms with Crippen molar-refractivity contribution in [2.24, 2.45) is 0 Å². The van der Waals surface area contributed by atoms with Crippen molar-refractivity contribution in [3.05, 3.63) is 30.5 Å². The minimum absolute atomic E-state index is 0.502. The van der Waals surface area contributed by atoms with Crippen molar-refractivity contribution in [3.8, 4) is 11.5 Å². The molecule has 3 heterocycles. The second kappa shape index (κ2) is 5.84. The number of anilines is 3. The van der Waals surface area contributed by atoms with Crippen molar-refractivity contribution in [2.75, 3.05) is 23.8 Å². The first-order valence-electron chi connectivity index (χ1n) is 8.64. The average molecular weight is 337 g/mol. The van der Waals surface area contributed by atoms with Gasteiger partial charge < -0.3 is 25.1 Å². The van der Waals surface area contributed by atoms with Gasteiger partial charge in [-0.25, -0.2) is 0 Å². The highest BCUT2D eigenvalue weighted by Gasteiger charge is 2.20. The molecular formula is C18H19N5O2. The first-order chi connectivity index (χ1) is 12.4. The lowest BCUT2D eigenvalue weighted by atomic mass is 9.93. The first-order valence-corrected chi connectivity index (χ1v) is 8.64. The smallest absolute Gasteiger partial charge is 0.231 e. The predicted octanol–water partition coefficient (Wildman–Crippen LogP) is 3.44. The third kappa shape index (κ3) is 2.61. The van der Waals surface area contributed by atoms with E-state index in [9.17, 15) is 0 Å². The number of aromatic nitrogens is 3. The molecule has 5 rings (SSSR count). The molecule has 7 nitrogen and oxygen atoms in total. The van der Waals surface area contributed by atoms with Gasteiger partial charge in [0.1, 0.15) is 24.7 Å². The molecule has 3 aromatic rings. The van der Waals surface area contributed by atoms with Crippen LogP contribution in [0.3, 0.4) is 0 Å². The quantitative estimate of drug-likeness (QED) is 0.676. The summed E-state index contributed by atoms with van der Waals surface area (Å²) in [4.78, 5) is 12.4. The Labute approximate surface area is 144 Å². The zero-order valence-corrected chi connectivity index (χ0v) is 13.7. The molecule has 0 atom stereocenters. The third-order valence-electron chi connectivity index (χ3n) is 4.67. The van der Waals surface area contributed by atoms with E-state index in [-0.39, 0.29) is 0 Å². The van der Waals surface area contributed by atoms with Gasteiger partial charge in [0, 0.05) is 12.2 Å². The third-order valence-corrected chi connectivity index (χ3v) is 4.67. The number of benzene rings is 1. The van der Waals surface area contributed by atoms with Crippen molar-refractivity contribution in [1.82, 2.24) is 15.0 Å². The maximum Gasteiger partial charge on any atom is 0.231 e. The SMILES string of the molecule is c1cc(Nc2nc(NC3CCC3)c3cc[nH]c3n2)c2c(c1)OCCO2. The van der Waals surface area contributed by atoms with Gasteiger partial charge in [0.15, 0.2) is 11.5 Å². The lowest BCUT2D eigenvalue weighted by Gasteiger charge is -2.27. The van der Waals surface area contributed by atoms with Gasteiger partial charge in [-0.1, -0.05) is 6.07 Å². The molecule has 128 valence electrons. The monoisotopic (exact) mass is 337 g/mol. The van der Waals surface area contributed by atoms with Gasteiger partial charge in [-0.3, -0.25) is 0 Å². The van der Waals surface area contributed by atoms with E-state index in [1.807, 2.05) is 30.5 Å². The average Bonchev–Trinajstić information content (AvgIpc) is 3.07. The summed E-state index contributed by atoms with van der Waals surface area (Å²) in [5, 5.41) is 7.81. The number of fused-ring (bicyclic) bond motifs is 2. The van der Waals surface area contributed by atoms with Crippen LogP contribution in [0.15, 0.2) is 30.5 Å². The minimum Gasteiger partial charge on any atom is -0.486 e. The molecular weight excluding hydrogens is 318 g/mol. The summed E-state index contributed by atoms with van der Waals surface area (Å²) < 4.78 is 11.4. The Morgan fingerprint density at radius 3 is 2.88 bits per heavy atom. The van der Waals surface area contributed by atoms with Crippen molar-refractivity contribution in [2.45, 2.75) is 25.3 Å². The molecule has 1 saturated carbocycles. The van der Waals surface area contributed by atoms with Crippen LogP contribution in [-0.4, -0.2) is 34.2 Å². The summed E-state index contributed by atoms with van der Waals surface area (Å²) >= 11 is 0. The molecule has 0 bridgehead atoms. The Morgan fingerprint density at radius 2 is 2.00 bits per heavy atom. The van der Waals surface area contributed by atoms with Crippen LogP contribution in [0.2, 0.25) is 0 Å². The molecule has 25 heavy (non-hydrogen) atoms. The maximum absolute atomic E-state index is 5.75. The van der Waals surface area contributed by atoms with Crippen molar-refractivity contribution in [1.29, 1.82) is 0 Å². The number of para-hydroxylation sites is 1. The van der Waals surface area contributed by atoms with E-state index >= 15 is 0 Å². The topological polar surface area (TPSA) is 84.1 Å². The van der Waals surface area contributed by atoms with E-state index < -0.39 is 0 Å². The molecule has 0 unspecified atom stereocenters. The Hall–Kier alpha value is -2.96. The van der Waals surface area contributed by atoms with Crippen LogP contribution in [-0.2, 0) is 0 Å². The molecule has 0 radical (unpaired) electrons. The van der Waals surface area contributed by atoms with Gasteiger partial charge in [0.25, 0.3) is 0 Å². The number of hydrogen-bond donors (Lipinski definition) is 3. The fourth-order valence-corrected chi connectivity index (χ4v) is 3.15. The second-order valence-corrected chi connectivity index (χ2v) is 6.36. The highest BCUT2D eigenvalue weighted by molar-refractivity contribution is 5.88. The van der Waals surface area contributed by atoms with Gasteiger partial charge >= 0.3 is 0 Å². The highest BCUT2D eigenvalue weighted by atomic mass is 16.6. The molecule has 3 N–H and O–H groups in total. The van der Waals surface area contributed by atoms with Gasteiger partial charge in [-0.2, -0.15) is 9.97 Å². The molecule has 7 heteroatoms. The van der Waals surface area contributed by atoms with Crippen molar-refractivity contribution in [3.63, 3.8) is 0 Å². The van der Waals surface area contributed by atoms with Crippen molar-refractivity contribution >= 4 is 28.5 Å². The summed E-state index contributed by atoms with van der Waals surface area (Å²) in [5.41, 5.74) is 1.61. The second-order valence-electron chi connectivity index (χ2n) is 6.36. The van der Waals surface area contributed by atoms with Crippen LogP contribution in [0.25, 0.3) is 11.0 Å². The van der Waals surface area contributed by atoms with E-state index in [0.717, 1.165) is 28.3 Å². The van der Waals surface area contributed by atoms with E-state index in [1.54, 1.807) is 0 Å². The van der Waals surface area contributed by atoms with Crippen LogP contribution in [0.4, 0.5) is 17.5 Å². The maximum atomic E-state index is 5.75. The molecule has 2 aromatic heterocycles. The summed E-state index contributed by atoms with van der Waals surface area (Å²) in [6.07, 6.45) is 5.54. The zero-order valence-electron chi connectivity index (χ0n) is 13.7. The number of hydrogen-bond acceptors (Lipinski definition) is 6. The Kier molecular flexibility index (Phi) is 3.36. The fourth-order valence-electron chi connectivity index (χ4n) is 3.15. The molecule has 2 aliphatic rings. The number of nitrogens with zero attached hydrogens (tertiary/aromatic N) is 2. The van der Waals surface area contributed by atoms with Crippen LogP contribution >= 0.6 is 0 Å². The molecule has 0 saturated heterocycles. The number of ether oxygens (including phenoxy) is 2. The Balaban J connectivity index is 1.50. The Bertz CT molecular complexity index is 919. The van der Waals surface area contributed by atoms with Crippen LogP contribution in [0, 0.1) is 0 Å².